The molecule has 2 N–H and O–H groups in total. The van der Waals surface area contributed by atoms with Gasteiger partial charge in [-0.3, -0.25) is 4.79 Å². The van der Waals surface area contributed by atoms with E-state index in [1.807, 2.05) is 48.5 Å². The Morgan fingerprint density at radius 3 is 2.58 bits per heavy atom. The first-order valence-electron chi connectivity index (χ1n) is 7.51. The molecule has 2 aromatic carbocycles. The third kappa shape index (κ3) is 2.39. The number of rotatable bonds is 3. The molecule has 2 heterocycles. The average molecular weight is 318 g/mol. The van der Waals surface area contributed by atoms with Gasteiger partial charge in [0.15, 0.2) is 5.69 Å². The van der Waals surface area contributed by atoms with Crippen LogP contribution in [0.3, 0.4) is 0 Å². The van der Waals surface area contributed by atoms with Crippen molar-refractivity contribution in [1.29, 1.82) is 0 Å². The summed E-state index contributed by atoms with van der Waals surface area (Å²) < 4.78 is 1.62. The Kier molecular flexibility index (Phi) is 3.44. The Hall–Kier alpha value is -3.25. The molecule has 24 heavy (non-hydrogen) atoms. The van der Waals surface area contributed by atoms with E-state index in [1.54, 1.807) is 16.8 Å². The Morgan fingerprint density at radius 1 is 1.04 bits per heavy atom. The molecule has 0 bridgehead atoms. The molecule has 2 aromatic heterocycles. The van der Waals surface area contributed by atoms with Crippen LogP contribution in [0.25, 0.3) is 28.1 Å². The van der Waals surface area contributed by atoms with Gasteiger partial charge < -0.3 is 10.1 Å². The minimum absolute atomic E-state index is 0.187. The first-order chi connectivity index (χ1) is 11.8. The number of hydrogen-bond acceptors (Lipinski definition) is 4. The highest BCUT2D eigenvalue weighted by Crippen LogP contribution is 2.19. The Balaban J connectivity index is 1.90. The minimum Gasteiger partial charge on any atom is -0.390 e. The number of nitrogens with one attached hydrogen (secondary N) is 1. The van der Waals surface area contributed by atoms with Crippen molar-refractivity contribution in [2.75, 3.05) is 0 Å². The highest BCUT2D eigenvalue weighted by atomic mass is 16.3. The largest absolute Gasteiger partial charge is 0.390 e. The maximum Gasteiger partial charge on any atom is 0.276 e. The number of aliphatic hydroxyl groups is 1. The van der Waals surface area contributed by atoms with Crippen molar-refractivity contribution >= 4 is 11.0 Å². The van der Waals surface area contributed by atoms with Gasteiger partial charge in [0.2, 0.25) is 0 Å². The van der Waals surface area contributed by atoms with Gasteiger partial charge in [-0.25, -0.2) is 9.67 Å². The van der Waals surface area contributed by atoms with Gasteiger partial charge in [-0.15, -0.1) is 0 Å². The predicted molar refractivity (Wildman–Crippen MR) is 90.8 cm³/mol. The van der Waals surface area contributed by atoms with Crippen LogP contribution in [0.15, 0.2) is 65.5 Å². The molecule has 0 saturated carbocycles. The molecule has 0 aliphatic heterocycles. The zero-order valence-electron chi connectivity index (χ0n) is 12.7. The lowest BCUT2D eigenvalue weighted by molar-refractivity contribution is 0.273. The lowest BCUT2D eigenvalue weighted by atomic mass is 10.2. The fraction of sp³-hybridized carbons (Fsp3) is 0.0556. The number of fused-ring (bicyclic) bond motifs is 1. The van der Waals surface area contributed by atoms with Gasteiger partial charge >= 0.3 is 0 Å². The molecule has 0 saturated heterocycles. The van der Waals surface area contributed by atoms with Gasteiger partial charge in [-0.05, 0) is 30.3 Å². The summed E-state index contributed by atoms with van der Waals surface area (Å²) in [7, 11) is 0. The van der Waals surface area contributed by atoms with E-state index in [0.29, 0.717) is 22.4 Å². The minimum atomic E-state index is -0.309. The fourth-order valence-electron chi connectivity index (χ4n) is 2.64. The number of benzene rings is 2. The molecular weight excluding hydrogens is 304 g/mol. The van der Waals surface area contributed by atoms with Crippen LogP contribution in [-0.4, -0.2) is 24.9 Å². The Labute approximate surface area is 137 Å². The quantitative estimate of drug-likeness (QED) is 0.607. The lowest BCUT2D eigenvalue weighted by Gasteiger charge is -2.04. The van der Waals surface area contributed by atoms with Gasteiger partial charge in [0.05, 0.1) is 29.0 Å². The van der Waals surface area contributed by atoms with Gasteiger partial charge in [0.1, 0.15) is 5.69 Å². The van der Waals surface area contributed by atoms with Crippen molar-refractivity contribution in [1.82, 2.24) is 19.7 Å². The molecule has 118 valence electrons. The van der Waals surface area contributed by atoms with Crippen molar-refractivity contribution in [2.45, 2.75) is 6.61 Å². The number of nitrogens with zero attached hydrogens (tertiary/aromatic N) is 3. The van der Waals surface area contributed by atoms with Gasteiger partial charge in [0.25, 0.3) is 5.56 Å². The number of aliphatic hydroxyl groups excluding tert-OH is 1. The van der Waals surface area contributed by atoms with Crippen molar-refractivity contribution in [2.24, 2.45) is 0 Å². The number of aromatic amines is 1. The number of hydrogen-bond donors (Lipinski definition) is 2. The molecule has 0 radical (unpaired) electrons. The summed E-state index contributed by atoms with van der Waals surface area (Å²) in [6.07, 6.45) is 0. The van der Waals surface area contributed by atoms with E-state index < -0.39 is 0 Å². The molecule has 0 amide bonds. The van der Waals surface area contributed by atoms with E-state index in [1.165, 1.54) is 0 Å². The summed E-state index contributed by atoms with van der Waals surface area (Å²) in [5.74, 6) is 0. The smallest absolute Gasteiger partial charge is 0.276 e. The summed E-state index contributed by atoms with van der Waals surface area (Å²) in [5.41, 5.74) is 3.11. The van der Waals surface area contributed by atoms with Crippen molar-refractivity contribution < 1.29 is 5.11 Å². The van der Waals surface area contributed by atoms with Crippen molar-refractivity contribution in [3.63, 3.8) is 0 Å². The molecule has 0 aliphatic carbocycles. The topological polar surface area (TPSA) is 83.8 Å². The Bertz CT molecular complexity index is 1070. The monoisotopic (exact) mass is 318 g/mol. The van der Waals surface area contributed by atoms with Crippen LogP contribution in [0.2, 0.25) is 0 Å². The first-order valence-corrected chi connectivity index (χ1v) is 7.51. The zero-order valence-corrected chi connectivity index (χ0v) is 12.7. The fourth-order valence-corrected chi connectivity index (χ4v) is 2.64. The van der Waals surface area contributed by atoms with Crippen LogP contribution >= 0.6 is 0 Å². The molecule has 0 fully saturated rings. The van der Waals surface area contributed by atoms with Crippen LogP contribution in [0.4, 0.5) is 0 Å². The summed E-state index contributed by atoms with van der Waals surface area (Å²) in [5, 5.41) is 14.1. The first kappa shape index (κ1) is 14.3. The highest BCUT2D eigenvalue weighted by molar-refractivity contribution is 5.76. The third-order valence-electron chi connectivity index (χ3n) is 3.79. The number of H-pyrrole nitrogens is 1. The van der Waals surface area contributed by atoms with E-state index in [9.17, 15) is 9.90 Å². The maximum atomic E-state index is 12.3. The molecule has 0 aliphatic rings. The second kappa shape index (κ2) is 5.75. The number of aromatic nitrogens is 4. The van der Waals surface area contributed by atoms with Crippen LogP contribution in [-0.2, 0) is 6.61 Å². The Morgan fingerprint density at radius 2 is 1.79 bits per heavy atom. The SMILES string of the molecule is O=c1[nH]c2ccccc2nc1-c1cc(CO)n(-c2ccccc2)n1. The number of para-hydroxylation sites is 3. The van der Waals surface area contributed by atoms with E-state index >= 15 is 0 Å². The van der Waals surface area contributed by atoms with Crippen LogP contribution < -0.4 is 5.56 Å². The summed E-state index contributed by atoms with van der Waals surface area (Å²) >= 11 is 0. The molecule has 6 heteroatoms. The molecule has 0 unspecified atom stereocenters. The zero-order chi connectivity index (χ0) is 16.5. The highest BCUT2D eigenvalue weighted by Gasteiger charge is 2.15. The van der Waals surface area contributed by atoms with Crippen LogP contribution in [0.1, 0.15) is 5.69 Å². The third-order valence-corrected chi connectivity index (χ3v) is 3.79. The predicted octanol–water partition coefficient (Wildman–Crippen LogP) is 2.27. The molecule has 0 atom stereocenters. The van der Waals surface area contributed by atoms with E-state index in [4.69, 9.17) is 0 Å². The lowest BCUT2D eigenvalue weighted by Crippen LogP contribution is -2.12. The normalized spacial score (nSPS) is 11.0. The van der Waals surface area contributed by atoms with Crippen LogP contribution in [0.5, 0.6) is 0 Å². The molecule has 6 nitrogen and oxygen atoms in total. The maximum absolute atomic E-state index is 12.3. The second-order valence-corrected chi connectivity index (χ2v) is 5.36. The molecular formula is C18H14N4O2. The second-order valence-electron chi connectivity index (χ2n) is 5.36. The van der Waals surface area contributed by atoms with Gasteiger partial charge in [-0.2, -0.15) is 5.10 Å². The molecule has 4 rings (SSSR count). The van der Waals surface area contributed by atoms with Crippen molar-refractivity contribution in [3.8, 4) is 17.1 Å². The van der Waals surface area contributed by atoms with Gasteiger partial charge in [0, 0.05) is 0 Å². The van der Waals surface area contributed by atoms with Crippen molar-refractivity contribution in [3.05, 3.63) is 76.7 Å². The van der Waals surface area contributed by atoms with Gasteiger partial charge in [-0.1, -0.05) is 30.3 Å². The summed E-state index contributed by atoms with van der Waals surface area (Å²) in [6, 6.07) is 18.5. The molecule has 0 spiro atoms. The van der Waals surface area contributed by atoms with E-state index in [2.05, 4.69) is 15.1 Å². The standard InChI is InChI=1S/C18H14N4O2/c23-11-13-10-16(21-22(13)12-6-2-1-3-7-12)17-18(24)20-15-9-5-4-8-14(15)19-17/h1-10,23H,11H2,(H,20,24). The summed E-state index contributed by atoms with van der Waals surface area (Å²) in [6.45, 7) is -0.187. The van der Waals surface area contributed by atoms with E-state index in [-0.39, 0.29) is 17.9 Å². The average Bonchev–Trinajstić information content (AvgIpc) is 3.06. The summed E-state index contributed by atoms with van der Waals surface area (Å²) in [4.78, 5) is 19.6. The van der Waals surface area contributed by atoms with Crippen LogP contribution in [0, 0.1) is 0 Å². The van der Waals surface area contributed by atoms with E-state index in [0.717, 1.165) is 5.69 Å². The molecule has 4 aromatic rings.